The molecular weight excluding hydrogens is 172 g/mol. The summed E-state index contributed by atoms with van der Waals surface area (Å²) >= 11 is 0. The number of ether oxygens (including phenoxy) is 1. The summed E-state index contributed by atoms with van der Waals surface area (Å²) in [5.41, 5.74) is -2.20. The molecule has 3 atom stereocenters. The molecule has 1 heterocycles. The van der Waals surface area contributed by atoms with Crippen LogP contribution in [0.4, 0.5) is 0 Å². The summed E-state index contributed by atoms with van der Waals surface area (Å²) in [6.45, 7) is 3.28. The van der Waals surface area contributed by atoms with Crippen LogP contribution in [-0.2, 0) is 4.74 Å². The maximum absolute atomic E-state index is 9.76. The van der Waals surface area contributed by atoms with Crippen molar-refractivity contribution in [2.45, 2.75) is 44.0 Å². The topological polar surface area (TPSA) is 69.9 Å². The molecule has 1 aliphatic heterocycles. The first-order valence-corrected chi connectivity index (χ1v) is 4.64. The third-order valence-corrected chi connectivity index (χ3v) is 2.76. The molecule has 3 N–H and O–H groups in total. The van der Waals surface area contributed by atoms with Gasteiger partial charge in [0.25, 0.3) is 0 Å². The fraction of sp³-hybridized carbons (Fsp3) is 1.00. The van der Waals surface area contributed by atoms with Crippen molar-refractivity contribution in [1.29, 1.82) is 0 Å². The Hall–Kier alpha value is -0.160. The molecule has 4 heteroatoms. The van der Waals surface area contributed by atoms with E-state index in [1.165, 1.54) is 0 Å². The molecule has 0 aliphatic carbocycles. The van der Waals surface area contributed by atoms with Crippen molar-refractivity contribution >= 4 is 0 Å². The summed E-state index contributed by atoms with van der Waals surface area (Å²) in [7, 11) is 0. The van der Waals surface area contributed by atoms with Gasteiger partial charge in [-0.25, -0.2) is 0 Å². The molecule has 0 radical (unpaired) electrons. The van der Waals surface area contributed by atoms with E-state index in [4.69, 9.17) is 9.84 Å². The van der Waals surface area contributed by atoms with E-state index in [0.29, 0.717) is 6.42 Å². The van der Waals surface area contributed by atoms with Crippen LogP contribution in [0.1, 0.15) is 26.7 Å². The highest BCUT2D eigenvalue weighted by Gasteiger charge is 2.54. The van der Waals surface area contributed by atoms with E-state index in [1.807, 2.05) is 6.92 Å². The Balaban J connectivity index is 2.74. The third-order valence-electron chi connectivity index (χ3n) is 2.76. The quantitative estimate of drug-likeness (QED) is 0.569. The molecule has 0 aromatic rings. The van der Waals surface area contributed by atoms with Crippen LogP contribution in [0.2, 0.25) is 0 Å². The van der Waals surface area contributed by atoms with E-state index in [2.05, 4.69) is 0 Å². The van der Waals surface area contributed by atoms with E-state index in [1.54, 1.807) is 6.92 Å². The molecule has 0 bridgehead atoms. The molecule has 4 nitrogen and oxygen atoms in total. The van der Waals surface area contributed by atoms with E-state index < -0.39 is 23.9 Å². The number of hydrogen-bond acceptors (Lipinski definition) is 4. The van der Waals surface area contributed by atoms with E-state index in [0.717, 1.165) is 6.42 Å². The molecule has 13 heavy (non-hydrogen) atoms. The van der Waals surface area contributed by atoms with Crippen LogP contribution in [0.5, 0.6) is 0 Å². The summed E-state index contributed by atoms with van der Waals surface area (Å²) in [6.07, 6.45) is 0.538. The summed E-state index contributed by atoms with van der Waals surface area (Å²) in [5, 5.41) is 28.4. The van der Waals surface area contributed by atoms with Gasteiger partial charge in [-0.05, 0) is 13.3 Å². The first-order valence-electron chi connectivity index (χ1n) is 4.64. The molecule has 1 fully saturated rings. The van der Waals surface area contributed by atoms with Gasteiger partial charge in [0.1, 0.15) is 11.7 Å². The van der Waals surface area contributed by atoms with Crippen molar-refractivity contribution in [3.05, 3.63) is 0 Å². The van der Waals surface area contributed by atoms with Crippen LogP contribution in [0.25, 0.3) is 0 Å². The highest BCUT2D eigenvalue weighted by atomic mass is 16.6. The van der Waals surface area contributed by atoms with Crippen LogP contribution >= 0.6 is 0 Å². The normalized spacial score (nSPS) is 45.5. The van der Waals surface area contributed by atoms with Gasteiger partial charge < -0.3 is 20.1 Å². The van der Waals surface area contributed by atoms with E-state index in [9.17, 15) is 10.2 Å². The zero-order chi connectivity index (χ0) is 10.1. The van der Waals surface area contributed by atoms with Crippen LogP contribution in [-0.4, -0.2) is 45.8 Å². The summed E-state index contributed by atoms with van der Waals surface area (Å²) in [5.74, 6) is 0. The molecule has 1 unspecified atom stereocenters. The zero-order valence-corrected chi connectivity index (χ0v) is 8.16. The Bertz CT molecular complexity index is 184. The smallest absolute Gasteiger partial charge is 0.139 e. The lowest BCUT2D eigenvalue weighted by Crippen LogP contribution is -2.51. The van der Waals surface area contributed by atoms with Gasteiger partial charge in [-0.15, -0.1) is 0 Å². The van der Waals surface area contributed by atoms with Crippen molar-refractivity contribution in [3.8, 4) is 0 Å². The lowest BCUT2D eigenvalue weighted by atomic mass is 9.86. The SMILES string of the molecule is CCCC1(C)OC[C@](O)(CO)[C@H]1O. The monoisotopic (exact) mass is 190 g/mol. The molecule has 0 aromatic carbocycles. The zero-order valence-electron chi connectivity index (χ0n) is 8.16. The van der Waals surface area contributed by atoms with Crippen molar-refractivity contribution < 1.29 is 20.1 Å². The Morgan fingerprint density at radius 2 is 2.15 bits per heavy atom. The Morgan fingerprint density at radius 1 is 1.54 bits per heavy atom. The number of rotatable bonds is 3. The third kappa shape index (κ3) is 1.72. The van der Waals surface area contributed by atoms with Gasteiger partial charge in [0.05, 0.1) is 18.8 Å². The number of aliphatic hydroxyl groups is 3. The lowest BCUT2D eigenvalue weighted by molar-refractivity contribution is -0.0982. The van der Waals surface area contributed by atoms with Crippen molar-refractivity contribution in [1.82, 2.24) is 0 Å². The average molecular weight is 190 g/mol. The molecule has 1 aliphatic rings. The minimum Gasteiger partial charge on any atom is -0.393 e. The number of aliphatic hydroxyl groups excluding tert-OH is 2. The molecule has 1 saturated heterocycles. The van der Waals surface area contributed by atoms with Crippen molar-refractivity contribution in [3.63, 3.8) is 0 Å². The summed E-state index contributed by atoms with van der Waals surface area (Å²) in [4.78, 5) is 0. The molecule has 78 valence electrons. The van der Waals surface area contributed by atoms with Crippen LogP contribution < -0.4 is 0 Å². The molecule has 0 saturated carbocycles. The minimum atomic E-state index is -1.48. The second-order valence-electron chi connectivity index (χ2n) is 4.02. The molecular formula is C9H18O4. The molecule has 0 amide bonds. The van der Waals surface area contributed by atoms with Crippen LogP contribution in [0.15, 0.2) is 0 Å². The standard InChI is InChI=1S/C9H18O4/c1-3-4-8(2)7(11)9(12,5-10)6-13-8/h7,10-12H,3-6H2,1-2H3/t7-,8?,9+/m0/s1. The predicted molar refractivity (Wildman–Crippen MR) is 47.3 cm³/mol. The second-order valence-corrected chi connectivity index (χ2v) is 4.02. The highest BCUT2D eigenvalue weighted by Crippen LogP contribution is 2.36. The van der Waals surface area contributed by atoms with Crippen LogP contribution in [0, 0.1) is 0 Å². The summed E-state index contributed by atoms with van der Waals surface area (Å²) < 4.78 is 5.34. The fourth-order valence-corrected chi connectivity index (χ4v) is 1.85. The fourth-order valence-electron chi connectivity index (χ4n) is 1.85. The van der Waals surface area contributed by atoms with Crippen molar-refractivity contribution in [2.75, 3.05) is 13.2 Å². The van der Waals surface area contributed by atoms with Gasteiger partial charge in [-0.1, -0.05) is 13.3 Å². The van der Waals surface area contributed by atoms with Crippen molar-refractivity contribution in [2.24, 2.45) is 0 Å². The minimum absolute atomic E-state index is 0.00116. The van der Waals surface area contributed by atoms with E-state index >= 15 is 0 Å². The first kappa shape index (κ1) is 10.9. The Morgan fingerprint density at radius 3 is 2.54 bits per heavy atom. The van der Waals surface area contributed by atoms with Crippen LogP contribution in [0.3, 0.4) is 0 Å². The van der Waals surface area contributed by atoms with Gasteiger partial charge in [0, 0.05) is 0 Å². The Labute approximate surface area is 78.1 Å². The molecule has 0 spiro atoms. The maximum atomic E-state index is 9.76. The van der Waals surface area contributed by atoms with Gasteiger partial charge in [0.15, 0.2) is 0 Å². The molecule has 1 rings (SSSR count). The maximum Gasteiger partial charge on any atom is 0.139 e. The predicted octanol–water partition coefficient (Wildman–Crippen LogP) is -0.340. The van der Waals surface area contributed by atoms with Gasteiger partial charge in [-0.3, -0.25) is 0 Å². The second kappa shape index (κ2) is 3.53. The van der Waals surface area contributed by atoms with E-state index in [-0.39, 0.29) is 6.61 Å². The lowest BCUT2D eigenvalue weighted by Gasteiger charge is -2.30. The summed E-state index contributed by atoms with van der Waals surface area (Å²) in [6, 6.07) is 0. The molecule has 0 aromatic heterocycles. The Kier molecular flexibility index (Phi) is 2.97. The average Bonchev–Trinajstić information content (AvgIpc) is 2.33. The van der Waals surface area contributed by atoms with Gasteiger partial charge >= 0.3 is 0 Å². The number of hydrogen-bond donors (Lipinski definition) is 3. The highest BCUT2D eigenvalue weighted by molar-refractivity contribution is 5.03. The van der Waals surface area contributed by atoms with Gasteiger partial charge in [0.2, 0.25) is 0 Å². The van der Waals surface area contributed by atoms with Gasteiger partial charge in [-0.2, -0.15) is 0 Å². The largest absolute Gasteiger partial charge is 0.393 e. The first-order chi connectivity index (χ1) is 5.98.